The second kappa shape index (κ2) is 4.82. The van der Waals surface area contributed by atoms with Crippen molar-refractivity contribution in [2.75, 3.05) is 11.4 Å². The molecule has 20 heavy (non-hydrogen) atoms. The molecular formula is C19H19N. The molecule has 1 nitrogen and oxygen atoms in total. The van der Waals surface area contributed by atoms with E-state index in [2.05, 4.69) is 65.6 Å². The van der Waals surface area contributed by atoms with Gasteiger partial charge in [0.25, 0.3) is 0 Å². The zero-order valence-corrected chi connectivity index (χ0v) is 11.6. The van der Waals surface area contributed by atoms with Gasteiger partial charge >= 0.3 is 0 Å². The van der Waals surface area contributed by atoms with Gasteiger partial charge in [-0.1, -0.05) is 48.6 Å². The fourth-order valence-corrected chi connectivity index (χ4v) is 3.57. The number of allylic oxidation sites excluding steroid dienone is 4. The van der Waals surface area contributed by atoms with Crippen LogP contribution in [0.5, 0.6) is 0 Å². The third-order valence-corrected chi connectivity index (χ3v) is 4.55. The van der Waals surface area contributed by atoms with E-state index >= 15 is 0 Å². The average Bonchev–Trinajstić information content (AvgIpc) is 2.54. The molecule has 0 amide bonds. The Morgan fingerprint density at radius 1 is 1.00 bits per heavy atom. The molecular weight excluding hydrogens is 242 g/mol. The first-order valence-corrected chi connectivity index (χ1v) is 7.55. The van der Waals surface area contributed by atoms with Crippen LogP contribution < -0.4 is 4.90 Å². The van der Waals surface area contributed by atoms with Crippen LogP contribution in [0.4, 0.5) is 5.69 Å². The highest BCUT2D eigenvalue weighted by Crippen LogP contribution is 2.38. The van der Waals surface area contributed by atoms with Gasteiger partial charge in [-0.15, -0.1) is 0 Å². The van der Waals surface area contributed by atoms with Crippen molar-refractivity contribution in [1.29, 1.82) is 0 Å². The van der Waals surface area contributed by atoms with Crippen LogP contribution in [0.3, 0.4) is 0 Å². The highest BCUT2D eigenvalue weighted by atomic mass is 15.2. The number of hydrogen-bond acceptors (Lipinski definition) is 1. The molecule has 1 saturated heterocycles. The van der Waals surface area contributed by atoms with Crippen LogP contribution >= 0.6 is 0 Å². The largest absolute Gasteiger partial charge is 0.344 e. The lowest BCUT2D eigenvalue weighted by Gasteiger charge is -2.38. The van der Waals surface area contributed by atoms with E-state index in [0.717, 1.165) is 6.54 Å². The van der Waals surface area contributed by atoms with Gasteiger partial charge in [-0.3, -0.25) is 0 Å². The Bertz CT molecular complexity index is 690. The molecule has 1 heteroatoms. The summed E-state index contributed by atoms with van der Waals surface area (Å²) in [6.45, 7) is 1.14. The zero-order valence-electron chi connectivity index (χ0n) is 11.6. The number of anilines is 1. The first-order chi connectivity index (χ1) is 9.93. The number of benzene rings is 2. The van der Waals surface area contributed by atoms with Crippen molar-refractivity contribution >= 4 is 16.5 Å². The predicted octanol–water partition coefficient (Wildman–Crippen LogP) is 4.90. The molecule has 0 bridgehead atoms. The first kappa shape index (κ1) is 11.8. The normalized spacial score (nSPS) is 21.7. The minimum Gasteiger partial charge on any atom is -0.344 e. The van der Waals surface area contributed by atoms with Gasteiger partial charge in [0.2, 0.25) is 0 Å². The van der Waals surface area contributed by atoms with Gasteiger partial charge in [0.1, 0.15) is 0 Å². The standard InChI is InChI=1S/C19H19N/c1-3-11-17-15(7-1)9-5-13-19(17)20-14-6-10-16-8-2-4-12-18(16)20/h1-5,7,9,11-13,16H,6,8,10,14H2. The lowest BCUT2D eigenvalue weighted by molar-refractivity contribution is 0.476. The quantitative estimate of drug-likeness (QED) is 0.705. The van der Waals surface area contributed by atoms with Crippen molar-refractivity contribution in [1.82, 2.24) is 0 Å². The fraction of sp³-hybridized carbons (Fsp3) is 0.263. The van der Waals surface area contributed by atoms with E-state index in [1.807, 2.05) is 0 Å². The minimum atomic E-state index is 0.715. The monoisotopic (exact) mass is 261 g/mol. The van der Waals surface area contributed by atoms with Crippen molar-refractivity contribution in [2.24, 2.45) is 5.92 Å². The fourth-order valence-electron chi connectivity index (χ4n) is 3.57. The minimum absolute atomic E-state index is 0.715. The van der Waals surface area contributed by atoms with E-state index < -0.39 is 0 Å². The van der Waals surface area contributed by atoms with Crippen molar-refractivity contribution in [2.45, 2.75) is 19.3 Å². The molecule has 2 aromatic carbocycles. The summed E-state index contributed by atoms with van der Waals surface area (Å²) in [7, 11) is 0. The summed E-state index contributed by atoms with van der Waals surface area (Å²) in [6.07, 6.45) is 10.7. The molecule has 2 aliphatic rings. The van der Waals surface area contributed by atoms with Crippen molar-refractivity contribution < 1.29 is 0 Å². The SMILES string of the molecule is C1=CCC2CCCN(c3cccc4ccccc34)C2=C1. The summed E-state index contributed by atoms with van der Waals surface area (Å²) in [5.74, 6) is 0.715. The molecule has 1 atom stereocenters. The Hall–Kier alpha value is -2.02. The molecule has 100 valence electrons. The zero-order chi connectivity index (χ0) is 13.4. The van der Waals surface area contributed by atoms with Crippen LogP contribution in [0.1, 0.15) is 19.3 Å². The van der Waals surface area contributed by atoms with Crippen LogP contribution in [-0.2, 0) is 0 Å². The summed E-state index contributed by atoms with van der Waals surface area (Å²) < 4.78 is 0. The van der Waals surface area contributed by atoms with Gasteiger partial charge in [0.05, 0.1) is 0 Å². The highest BCUT2D eigenvalue weighted by molar-refractivity contribution is 5.95. The summed E-state index contributed by atoms with van der Waals surface area (Å²) in [6, 6.07) is 15.4. The lowest BCUT2D eigenvalue weighted by atomic mass is 9.87. The smallest absolute Gasteiger partial charge is 0.0488 e. The molecule has 1 heterocycles. The molecule has 2 aromatic rings. The topological polar surface area (TPSA) is 3.24 Å². The van der Waals surface area contributed by atoms with Crippen LogP contribution in [0.25, 0.3) is 10.8 Å². The number of piperidine rings is 1. The molecule has 4 rings (SSSR count). The molecule has 1 aliphatic heterocycles. The molecule has 0 saturated carbocycles. The third kappa shape index (κ3) is 1.85. The number of rotatable bonds is 1. The predicted molar refractivity (Wildman–Crippen MR) is 85.9 cm³/mol. The second-order valence-corrected chi connectivity index (χ2v) is 5.74. The summed E-state index contributed by atoms with van der Waals surface area (Å²) in [4.78, 5) is 2.54. The van der Waals surface area contributed by atoms with E-state index in [9.17, 15) is 0 Å². The van der Waals surface area contributed by atoms with E-state index in [-0.39, 0.29) is 0 Å². The van der Waals surface area contributed by atoms with Crippen LogP contribution in [0, 0.1) is 5.92 Å². The Morgan fingerprint density at radius 2 is 1.90 bits per heavy atom. The van der Waals surface area contributed by atoms with Crippen molar-refractivity contribution in [3.63, 3.8) is 0 Å². The van der Waals surface area contributed by atoms with Crippen molar-refractivity contribution in [3.05, 3.63) is 66.4 Å². The molecule has 0 N–H and O–H groups in total. The van der Waals surface area contributed by atoms with Gasteiger partial charge in [-0.2, -0.15) is 0 Å². The van der Waals surface area contributed by atoms with Crippen molar-refractivity contribution in [3.8, 4) is 0 Å². The van der Waals surface area contributed by atoms with Crippen LogP contribution in [0.2, 0.25) is 0 Å². The summed E-state index contributed by atoms with van der Waals surface area (Å²) in [5.41, 5.74) is 2.88. The average molecular weight is 261 g/mol. The van der Waals surface area contributed by atoms with Gasteiger partial charge in [0, 0.05) is 29.2 Å². The first-order valence-electron chi connectivity index (χ1n) is 7.55. The number of nitrogens with zero attached hydrogens (tertiary/aromatic N) is 1. The van der Waals surface area contributed by atoms with Gasteiger partial charge in [-0.05, 0) is 36.8 Å². The lowest BCUT2D eigenvalue weighted by Crippen LogP contribution is -2.33. The van der Waals surface area contributed by atoms with Crippen LogP contribution in [-0.4, -0.2) is 6.54 Å². The molecule has 1 aliphatic carbocycles. The van der Waals surface area contributed by atoms with Crippen LogP contribution in [0.15, 0.2) is 66.4 Å². The highest BCUT2D eigenvalue weighted by Gasteiger charge is 2.26. The second-order valence-electron chi connectivity index (χ2n) is 5.74. The Kier molecular flexibility index (Phi) is 2.84. The number of fused-ring (bicyclic) bond motifs is 2. The van der Waals surface area contributed by atoms with Gasteiger partial charge in [0.15, 0.2) is 0 Å². The molecule has 1 fully saturated rings. The summed E-state index contributed by atoms with van der Waals surface area (Å²) in [5, 5.41) is 2.70. The molecule has 0 radical (unpaired) electrons. The van der Waals surface area contributed by atoms with E-state index in [1.54, 1.807) is 0 Å². The maximum absolute atomic E-state index is 2.54. The molecule has 1 unspecified atom stereocenters. The maximum Gasteiger partial charge on any atom is 0.0488 e. The van der Waals surface area contributed by atoms with Gasteiger partial charge in [-0.25, -0.2) is 0 Å². The Balaban J connectivity index is 1.86. The van der Waals surface area contributed by atoms with Gasteiger partial charge < -0.3 is 4.90 Å². The summed E-state index contributed by atoms with van der Waals surface area (Å²) >= 11 is 0. The maximum atomic E-state index is 2.54. The van der Waals surface area contributed by atoms with E-state index in [1.165, 1.54) is 41.4 Å². The molecule has 0 spiro atoms. The number of hydrogen-bond donors (Lipinski definition) is 0. The third-order valence-electron chi connectivity index (χ3n) is 4.55. The Morgan fingerprint density at radius 3 is 2.90 bits per heavy atom. The molecule has 0 aromatic heterocycles. The van der Waals surface area contributed by atoms with E-state index in [4.69, 9.17) is 0 Å². The Labute approximate surface area is 120 Å². The van der Waals surface area contributed by atoms with E-state index in [0.29, 0.717) is 5.92 Å².